The second kappa shape index (κ2) is 3.80. The fourth-order valence-corrected chi connectivity index (χ4v) is 1.41. The molecule has 0 saturated carbocycles. The molecule has 0 aliphatic heterocycles. The molecule has 0 bridgehead atoms. The van der Waals surface area contributed by atoms with Gasteiger partial charge in [-0.2, -0.15) is 0 Å². The number of aromatic hydroxyl groups is 1. The van der Waals surface area contributed by atoms with Crippen molar-refractivity contribution >= 4 is 16.9 Å². The summed E-state index contributed by atoms with van der Waals surface area (Å²) in [6, 6.07) is 0. The average Bonchev–Trinajstić information content (AvgIpc) is 2.62. The van der Waals surface area contributed by atoms with E-state index in [-0.39, 0.29) is 18.1 Å². The normalized spacial score (nSPS) is 10.6. The van der Waals surface area contributed by atoms with Crippen LogP contribution in [0.4, 0.5) is 0 Å². The van der Waals surface area contributed by atoms with E-state index in [1.807, 2.05) is 0 Å². The fourth-order valence-electron chi connectivity index (χ4n) is 1.41. The third-order valence-electron chi connectivity index (χ3n) is 2.13. The molecule has 0 amide bonds. The van der Waals surface area contributed by atoms with Gasteiger partial charge in [0.25, 0.3) is 0 Å². The maximum atomic E-state index is 11.4. The predicted octanol–water partition coefficient (Wildman–Crippen LogP) is 1.41. The van der Waals surface area contributed by atoms with E-state index in [0.29, 0.717) is 16.7 Å². The van der Waals surface area contributed by atoms with Gasteiger partial charge in [-0.15, -0.1) is 0 Å². The van der Waals surface area contributed by atoms with Gasteiger partial charge in [-0.1, -0.05) is 5.16 Å². The monoisotopic (exact) mass is 222 g/mol. The van der Waals surface area contributed by atoms with Gasteiger partial charge < -0.3 is 14.4 Å². The first-order chi connectivity index (χ1) is 7.65. The Morgan fingerprint density at radius 3 is 3.06 bits per heavy atom. The molecule has 0 aromatic carbocycles. The van der Waals surface area contributed by atoms with Gasteiger partial charge in [0.2, 0.25) is 0 Å². The van der Waals surface area contributed by atoms with E-state index in [1.165, 1.54) is 6.20 Å². The highest BCUT2D eigenvalue weighted by atomic mass is 16.5. The molecule has 6 heteroatoms. The van der Waals surface area contributed by atoms with Crippen LogP contribution in [0.15, 0.2) is 10.7 Å². The summed E-state index contributed by atoms with van der Waals surface area (Å²) in [4.78, 5) is 15.2. The van der Waals surface area contributed by atoms with Crippen LogP contribution in [-0.2, 0) is 4.74 Å². The van der Waals surface area contributed by atoms with Crippen molar-refractivity contribution in [2.45, 2.75) is 13.8 Å². The van der Waals surface area contributed by atoms with Crippen LogP contribution in [0.5, 0.6) is 5.75 Å². The van der Waals surface area contributed by atoms with Crippen molar-refractivity contribution < 1.29 is 19.2 Å². The van der Waals surface area contributed by atoms with Crippen LogP contribution in [0, 0.1) is 6.92 Å². The largest absolute Gasteiger partial charge is 0.505 e. The van der Waals surface area contributed by atoms with E-state index >= 15 is 0 Å². The van der Waals surface area contributed by atoms with Gasteiger partial charge in [0.15, 0.2) is 17.0 Å². The van der Waals surface area contributed by atoms with Crippen molar-refractivity contribution in [2.24, 2.45) is 0 Å². The molecule has 0 aliphatic carbocycles. The van der Waals surface area contributed by atoms with Crippen LogP contribution >= 0.6 is 0 Å². The molecule has 0 spiro atoms. The topological polar surface area (TPSA) is 85.5 Å². The van der Waals surface area contributed by atoms with Crippen LogP contribution in [-0.4, -0.2) is 27.8 Å². The summed E-state index contributed by atoms with van der Waals surface area (Å²) >= 11 is 0. The molecule has 0 aliphatic rings. The Bertz CT molecular complexity index is 547. The lowest BCUT2D eigenvalue weighted by molar-refractivity contribution is 0.0516. The highest BCUT2D eigenvalue weighted by Gasteiger charge is 2.20. The average molecular weight is 222 g/mol. The van der Waals surface area contributed by atoms with Crippen molar-refractivity contribution in [2.75, 3.05) is 6.61 Å². The van der Waals surface area contributed by atoms with Gasteiger partial charge in [-0.3, -0.25) is 0 Å². The molecule has 1 N–H and O–H groups in total. The SMILES string of the molecule is CCOC(=O)c1ncc2onc(C)c2c1O. The third kappa shape index (κ3) is 1.48. The minimum absolute atomic E-state index is 0.124. The smallest absolute Gasteiger partial charge is 0.360 e. The lowest BCUT2D eigenvalue weighted by Gasteiger charge is -2.03. The second-order valence-corrected chi connectivity index (χ2v) is 3.18. The number of nitrogens with zero attached hydrogens (tertiary/aromatic N) is 2. The molecule has 2 aromatic heterocycles. The van der Waals surface area contributed by atoms with E-state index < -0.39 is 5.97 Å². The molecule has 0 fully saturated rings. The number of aromatic nitrogens is 2. The standard InChI is InChI=1S/C10H10N2O4/c1-3-15-10(14)8-9(13)7-5(2)12-16-6(7)4-11-8/h4,13H,3H2,1-2H3. The number of aryl methyl sites for hydroxylation is 1. The van der Waals surface area contributed by atoms with Crippen LogP contribution in [0.25, 0.3) is 11.0 Å². The summed E-state index contributed by atoms with van der Waals surface area (Å²) in [7, 11) is 0. The number of rotatable bonds is 2. The Morgan fingerprint density at radius 1 is 1.62 bits per heavy atom. The van der Waals surface area contributed by atoms with Crippen LogP contribution in [0.2, 0.25) is 0 Å². The Kier molecular flexibility index (Phi) is 2.47. The van der Waals surface area contributed by atoms with Gasteiger partial charge in [-0.05, 0) is 13.8 Å². The number of hydrogen-bond donors (Lipinski definition) is 1. The number of carbonyl (C=O) groups excluding carboxylic acids is 1. The van der Waals surface area contributed by atoms with Crippen molar-refractivity contribution in [3.63, 3.8) is 0 Å². The lowest BCUT2D eigenvalue weighted by atomic mass is 10.2. The quantitative estimate of drug-likeness (QED) is 0.773. The van der Waals surface area contributed by atoms with Crippen molar-refractivity contribution in [3.8, 4) is 5.75 Å². The maximum absolute atomic E-state index is 11.4. The third-order valence-corrected chi connectivity index (χ3v) is 2.13. The molecule has 0 saturated heterocycles. The zero-order valence-electron chi connectivity index (χ0n) is 8.85. The number of pyridine rings is 1. The molecule has 16 heavy (non-hydrogen) atoms. The zero-order valence-corrected chi connectivity index (χ0v) is 8.85. The first-order valence-corrected chi connectivity index (χ1v) is 4.76. The second-order valence-electron chi connectivity index (χ2n) is 3.18. The minimum Gasteiger partial charge on any atom is -0.505 e. The zero-order chi connectivity index (χ0) is 11.7. The minimum atomic E-state index is -0.664. The van der Waals surface area contributed by atoms with E-state index in [9.17, 15) is 9.90 Å². The summed E-state index contributed by atoms with van der Waals surface area (Å²) < 4.78 is 9.66. The number of hydrogen-bond acceptors (Lipinski definition) is 6. The summed E-state index contributed by atoms with van der Waals surface area (Å²) in [6.45, 7) is 3.57. The van der Waals surface area contributed by atoms with E-state index in [2.05, 4.69) is 10.1 Å². The molecule has 0 atom stereocenters. The van der Waals surface area contributed by atoms with Crippen LogP contribution in [0.3, 0.4) is 0 Å². The molecule has 0 radical (unpaired) electrons. The number of carbonyl (C=O) groups is 1. The summed E-state index contributed by atoms with van der Waals surface area (Å²) in [5.41, 5.74) is 0.712. The number of ether oxygens (including phenoxy) is 1. The highest BCUT2D eigenvalue weighted by molar-refractivity contribution is 5.98. The van der Waals surface area contributed by atoms with Crippen molar-refractivity contribution in [1.29, 1.82) is 0 Å². The van der Waals surface area contributed by atoms with E-state index in [0.717, 1.165) is 0 Å². The molecular formula is C10H10N2O4. The Labute approximate surface area is 90.8 Å². The van der Waals surface area contributed by atoms with Gasteiger partial charge in [0.05, 0.1) is 23.9 Å². The molecule has 84 valence electrons. The molecule has 2 heterocycles. The predicted molar refractivity (Wildman–Crippen MR) is 54.2 cm³/mol. The fraction of sp³-hybridized carbons (Fsp3) is 0.300. The molecule has 0 unspecified atom stereocenters. The lowest BCUT2D eigenvalue weighted by Crippen LogP contribution is -2.07. The summed E-state index contributed by atoms with van der Waals surface area (Å²) in [5.74, 6) is -0.919. The van der Waals surface area contributed by atoms with Gasteiger partial charge in [0, 0.05) is 0 Å². The Hall–Kier alpha value is -2.11. The van der Waals surface area contributed by atoms with Gasteiger partial charge in [0.1, 0.15) is 0 Å². The summed E-state index contributed by atoms with van der Waals surface area (Å²) in [5, 5.41) is 13.9. The molecule has 2 aromatic rings. The molecule has 6 nitrogen and oxygen atoms in total. The van der Waals surface area contributed by atoms with Crippen molar-refractivity contribution in [3.05, 3.63) is 17.6 Å². The van der Waals surface area contributed by atoms with Crippen molar-refractivity contribution in [1.82, 2.24) is 10.1 Å². The molecular weight excluding hydrogens is 212 g/mol. The first-order valence-electron chi connectivity index (χ1n) is 4.76. The number of fused-ring (bicyclic) bond motifs is 1. The van der Waals surface area contributed by atoms with E-state index in [1.54, 1.807) is 13.8 Å². The first kappa shape index (κ1) is 10.4. The molecule has 2 rings (SSSR count). The number of esters is 1. The Morgan fingerprint density at radius 2 is 2.38 bits per heavy atom. The van der Waals surface area contributed by atoms with Crippen LogP contribution in [0.1, 0.15) is 23.1 Å². The van der Waals surface area contributed by atoms with Crippen LogP contribution < -0.4 is 0 Å². The summed E-state index contributed by atoms with van der Waals surface area (Å²) in [6.07, 6.45) is 1.33. The highest BCUT2D eigenvalue weighted by Crippen LogP contribution is 2.29. The van der Waals surface area contributed by atoms with Gasteiger partial charge in [-0.25, -0.2) is 9.78 Å². The maximum Gasteiger partial charge on any atom is 0.360 e. The van der Waals surface area contributed by atoms with E-state index in [4.69, 9.17) is 9.26 Å². The van der Waals surface area contributed by atoms with Gasteiger partial charge >= 0.3 is 5.97 Å². The Balaban J connectivity index is 2.59.